The molecule has 3 heteroatoms. The fourth-order valence-electron chi connectivity index (χ4n) is 0.878. The Labute approximate surface area is 64.8 Å². The molecule has 0 atom stereocenters. The van der Waals surface area contributed by atoms with Gasteiger partial charge in [-0.15, -0.1) is 0 Å². The quantitative estimate of drug-likeness (QED) is 0.285. The predicted molar refractivity (Wildman–Crippen MR) is 41.8 cm³/mol. The van der Waals surface area contributed by atoms with Crippen LogP contribution in [0.5, 0.6) is 0 Å². The molecule has 0 unspecified atom stereocenters. The van der Waals surface area contributed by atoms with Crippen molar-refractivity contribution in [2.75, 3.05) is 0 Å². The van der Waals surface area contributed by atoms with Crippen LogP contribution in [0.1, 0.15) is 11.1 Å². The van der Waals surface area contributed by atoms with Gasteiger partial charge >= 0.3 is 0 Å². The van der Waals surface area contributed by atoms with Crippen LogP contribution in [0.3, 0.4) is 0 Å². The maximum absolute atomic E-state index is 10.1. The standard InChI is InChI=1S/C8H9NO2/c1-7-3-2-4-8(5-7)6-9(10)11/h2-6H,1H3,(H,10,11). The highest BCUT2D eigenvalue weighted by molar-refractivity contribution is 5.75. The van der Waals surface area contributed by atoms with Crippen molar-refractivity contribution in [1.29, 1.82) is 0 Å². The number of aryl methyl sites for hydroxylation is 1. The highest BCUT2D eigenvalue weighted by Crippen LogP contribution is 2.00. The summed E-state index contributed by atoms with van der Waals surface area (Å²) >= 11 is 0. The molecule has 0 amide bonds. The molecule has 0 spiro atoms. The zero-order chi connectivity index (χ0) is 8.27. The molecular formula is C8H9NO2. The second-order valence-electron chi connectivity index (χ2n) is 2.35. The average Bonchev–Trinajstić information content (AvgIpc) is 1.85. The Balaban J connectivity index is 2.97. The molecule has 0 aliphatic carbocycles. The van der Waals surface area contributed by atoms with Crippen molar-refractivity contribution < 1.29 is 10.1 Å². The van der Waals surface area contributed by atoms with Crippen LogP contribution >= 0.6 is 0 Å². The molecule has 1 aromatic carbocycles. The minimum absolute atomic E-state index is 0.200. The Morgan fingerprint density at radius 1 is 1.55 bits per heavy atom. The normalized spacial score (nSPS) is 11.5. The Hall–Kier alpha value is -1.51. The molecule has 58 valence electrons. The Kier molecular flexibility index (Phi) is 2.11. The molecule has 0 aliphatic heterocycles. The van der Waals surface area contributed by atoms with Crippen LogP contribution in [0.4, 0.5) is 0 Å². The lowest BCUT2D eigenvalue weighted by molar-refractivity contribution is -0.722. The predicted octanol–water partition coefficient (Wildman–Crippen LogP) is 1.31. The summed E-state index contributed by atoms with van der Waals surface area (Å²) in [5.74, 6) is 0. The Morgan fingerprint density at radius 2 is 2.27 bits per heavy atom. The third-order valence-electron chi connectivity index (χ3n) is 1.30. The van der Waals surface area contributed by atoms with Crippen LogP contribution in [0, 0.1) is 12.1 Å². The summed E-state index contributed by atoms with van der Waals surface area (Å²) in [6.07, 6.45) is 1.10. The molecule has 0 aliphatic rings. The highest BCUT2D eigenvalue weighted by Gasteiger charge is 1.93. The van der Waals surface area contributed by atoms with E-state index in [4.69, 9.17) is 5.21 Å². The van der Waals surface area contributed by atoms with Crippen LogP contribution in [0.15, 0.2) is 24.3 Å². The van der Waals surface area contributed by atoms with Crippen molar-refractivity contribution in [3.63, 3.8) is 0 Å². The smallest absolute Gasteiger partial charge is 0.240 e. The van der Waals surface area contributed by atoms with Gasteiger partial charge in [-0.1, -0.05) is 17.7 Å². The third-order valence-corrected chi connectivity index (χ3v) is 1.30. The second kappa shape index (κ2) is 3.05. The van der Waals surface area contributed by atoms with E-state index < -0.39 is 0 Å². The van der Waals surface area contributed by atoms with Crippen LogP contribution in [-0.4, -0.2) is 16.3 Å². The van der Waals surface area contributed by atoms with Crippen LogP contribution in [0.25, 0.3) is 0 Å². The summed E-state index contributed by atoms with van der Waals surface area (Å²) in [5.41, 5.74) is 1.75. The largest absolute Gasteiger partial charge is 0.418 e. The van der Waals surface area contributed by atoms with Gasteiger partial charge in [-0.3, -0.25) is 5.21 Å². The molecule has 0 saturated heterocycles. The van der Waals surface area contributed by atoms with Crippen LogP contribution in [-0.2, 0) is 0 Å². The van der Waals surface area contributed by atoms with E-state index in [-0.39, 0.29) is 4.90 Å². The second-order valence-corrected chi connectivity index (χ2v) is 2.35. The number of hydrogen-bond acceptors (Lipinski definition) is 2. The molecule has 0 heterocycles. The van der Waals surface area contributed by atoms with Crippen molar-refractivity contribution >= 4 is 6.21 Å². The van der Waals surface area contributed by atoms with Gasteiger partial charge in [0.15, 0.2) is 0 Å². The Bertz CT molecular complexity index is 277. The van der Waals surface area contributed by atoms with Crippen molar-refractivity contribution in [2.24, 2.45) is 0 Å². The van der Waals surface area contributed by atoms with Crippen molar-refractivity contribution in [3.05, 3.63) is 40.6 Å². The maximum atomic E-state index is 10.1. The molecular weight excluding hydrogens is 142 g/mol. The van der Waals surface area contributed by atoms with Gasteiger partial charge in [0, 0.05) is 10.5 Å². The molecule has 0 radical (unpaired) electrons. The minimum atomic E-state index is -0.200. The van der Waals surface area contributed by atoms with E-state index in [9.17, 15) is 5.21 Å². The number of benzene rings is 1. The highest BCUT2D eigenvalue weighted by atomic mass is 16.8. The molecule has 1 rings (SSSR count). The first kappa shape index (κ1) is 7.60. The lowest BCUT2D eigenvalue weighted by Crippen LogP contribution is -1.98. The number of hydrogen-bond donors (Lipinski definition) is 1. The van der Waals surface area contributed by atoms with Gasteiger partial charge in [-0.25, -0.2) is 0 Å². The van der Waals surface area contributed by atoms with E-state index in [2.05, 4.69) is 0 Å². The van der Waals surface area contributed by atoms with Gasteiger partial charge < -0.3 is 5.21 Å². The molecule has 11 heavy (non-hydrogen) atoms. The summed E-state index contributed by atoms with van der Waals surface area (Å²) in [6, 6.07) is 7.30. The summed E-state index contributed by atoms with van der Waals surface area (Å²) < 4.78 is 0. The molecule has 0 aromatic heterocycles. The molecule has 0 bridgehead atoms. The molecule has 0 saturated carbocycles. The van der Waals surface area contributed by atoms with Gasteiger partial charge in [-0.05, 0) is 19.1 Å². The lowest BCUT2D eigenvalue weighted by atomic mass is 10.2. The summed E-state index contributed by atoms with van der Waals surface area (Å²) in [7, 11) is 0. The van der Waals surface area contributed by atoms with Gasteiger partial charge in [0.1, 0.15) is 0 Å². The molecule has 1 aromatic rings. The SMILES string of the molecule is Cc1cccc(/C=[N+](\[O-])O)c1. The van der Waals surface area contributed by atoms with E-state index in [1.54, 1.807) is 12.1 Å². The fourth-order valence-corrected chi connectivity index (χ4v) is 0.878. The third kappa shape index (κ3) is 2.29. The van der Waals surface area contributed by atoms with Crippen molar-refractivity contribution in [3.8, 4) is 0 Å². The first-order chi connectivity index (χ1) is 5.18. The van der Waals surface area contributed by atoms with Crippen LogP contribution in [0.2, 0.25) is 0 Å². The zero-order valence-corrected chi connectivity index (χ0v) is 6.19. The van der Waals surface area contributed by atoms with E-state index in [0.29, 0.717) is 5.56 Å². The molecule has 0 fully saturated rings. The minimum Gasteiger partial charge on any atom is -0.418 e. The van der Waals surface area contributed by atoms with Gasteiger partial charge in [0.05, 0.1) is 0 Å². The molecule has 1 N–H and O–H groups in total. The average molecular weight is 151 g/mol. The first-order valence-electron chi connectivity index (χ1n) is 3.25. The van der Waals surface area contributed by atoms with Gasteiger partial charge in [0.2, 0.25) is 6.21 Å². The fraction of sp³-hybridized carbons (Fsp3) is 0.125. The summed E-state index contributed by atoms with van der Waals surface area (Å²) in [6.45, 7) is 1.92. The summed E-state index contributed by atoms with van der Waals surface area (Å²) in [5, 5.41) is 18.5. The lowest BCUT2D eigenvalue weighted by Gasteiger charge is -1.92. The van der Waals surface area contributed by atoms with Crippen molar-refractivity contribution in [2.45, 2.75) is 6.92 Å². The van der Waals surface area contributed by atoms with E-state index in [0.717, 1.165) is 11.8 Å². The molecule has 3 nitrogen and oxygen atoms in total. The van der Waals surface area contributed by atoms with E-state index in [1.165, 1.54) is 0 Å². The van der Waals surface area contributed by atoms with Gasteiger partial charge in [0.25, 0.3) is 0 Å². The topological polar surface area (TPSA) is 46.3 Å². The first-order valence-corrected chi connectivity index (χ1v) is 3.25. The maximum Gasteiger partial charge on any atom is 0.240 e. The van der Waals surface area contributed by atoms with E-state index >= 15 is 0 Å². The Morgan fingerprint density at radius 3 is 2.82 bits per heavy atom. The van der Waals surface area contributed by atoms with Crippen molar-refractivity contribution in [1.82, 2.24) is 0 Å². The van der Waals surface area contributed by atoms with Gasteiger partial charge in [-0.2, -0.15) is 0 Å². The number of rotatable bonds is 1. The summed E-state index contributed by atoms with van der Waals surface area (Å²) in [4.78, 5) is -0.200. The van der Waals surface area contributed by atoms with Crippen LogP contribution < -0.4 is 0 Å². The number of nitrogens with zero attached hydrogens (tertiary/aromatic N) is 1. The van der Waals surface area contributed by atoms with E-state index in [1.807, 2.05) is 19.1 Å². The zero-order valence-electron chi connectivity index (χ0n) is 6.19. The monoisotopic (exact) mass is 151 g/mol.